The van der Waals surface area contributed by atoms with Crippen LogP contribution in [-0.4, -0.2) is 50.3 Å². The number of nitrogens with zero attached hydrogens (tertiary/aromatic N) is 1. The zero-order valence-electron chi connectivity index (χ0n) is 16.0. The molecule has 0 bridgehead atoms. The summed E-state index contributed by atoms with van der Waals surface area (Å²) in [7, 11) is -3.99. The molecule has 154 valence electrons. The first-order valence-corrected chi connectivity index (χ1v) is 11.0. The summed E-state index contributed by atoms with van der Waals surface area (Å²) in [6.07, 6.45) is 3.17. The van der Waals surface area contributed by atoms with Crippen LogP contribution < -0.4 is 5.32 Å². The zero-order chi connectivity index (χ0) is 20.7. The van der Waals surface area contributed by atoms with Crippen molar-refractivity contribution < 1.29 is 22.7 Å². The van der Waals surface area contributed by atoms with E-state index >= 15 is 0 Å². The van der Waals surface area contributed by atoms with Gasteiger partial charge in [0.15, 0.2) is 0 Å². The lowest BCUT2D eigenvalue weighted by Crippen LogP contribution is -2.49. The molecule has 1 aromatic carbocycles. The average Bonchev–Trinajstić information content (AvgIpc) is 2.84. The largest absolute Gasteiger partial charge is 0.463 e. The molecule has 7 nitrogen and oxygen atoms in total. The van der Waals surface area contributed by atoms with Crippen LogP contribution in [0.2, 0.25) is 5.02 Å². The number of nitrogens with one attached hydrogen (secondary N) is 1. The smallest absolute Gasteiger partial charge is 0.330 e. The minimum Gasteiger partial charge on any atom is -0.463 e. The summed E-state index contributed by atoms with van der Waals surface area (Å²) in [4.78, 5) is 24.3. The van der Waals surface area contributed by atoms with E-state index in [0.717, 1.165) is 17.1 Å². The Morgan fingerprint density at radius 1 is 1.32 bits per heavy atom. The number of carbonyl (C=O) groups is 2. The quantitative estimate of drug-likeness (QED) is 0.532. The van der Waals surface area contributed by atoms with Crippen LogP contribution in [0.1, 0.15) is 33.1 Å². The summed E-state index contributed by atoms with van der Waals surface area (Å²) < 4.78 is 32.7. The molecule has 0 aliphatic carbocycles. The maximum absolute atomic E-state index is 13.3. The fourth-order valence-electron chi connectivity index (χ4n) is 2.98. The molecule has 1 amide bonds. The first kappa shape index (κ1) is 22.4. The van der Waals surface area contributed by atoms with Crippen molar-refractivity contribution in [2.75, 3.05) is 19.7 Å². The molecular weight excluding hydrogens is 404 g/mol. The van der Waals surface area contributed by atoms with Gasteiger partial charge in [0.1, 0.15) is 6.04 Å². The van der Waals surface area contributed by atoms with Crippen LogP contribution >= 0.6 is 11.6 Å². The van der Waals surface area contributed by atoms with Crippen molar-refractivity contribution in [3.63, 3.8) is 0 Å². The molecule has 0 radical (unpaired) electrons. The first-order valence-electron chi connectivity index (χ1n) is 9.14. The van der Waals surface area contributed by atoms with Crippen LogP contribution in [-0.2, 0) is 24.3 Å². The van der Waals surface area contributed by atoms with Gasteiger partial charge in [0.2, 0.25) is 15.9 Å². The van der Waals surface area contributed by atoms with Gasteiger partial charge in [0, 0.05) is 24.2 Å². The van der Waals surface area contributed by atoms with Gasteiger partial charge in [-0.25, -0.2) is 13.2 Å². The minimum absolute atomic E-state index is 0.0397. The van der Waals surface area contributed by atoms with Gasteiger partial charge in [-0.2, -0.15) is 4.31 Å². The van der Waals surface area contributed by atoms with E-state index < -0.39 is 22.0 Å². The van der Waals surface area contributed by atoms with Crippen molar-refractivity contribution in [1.82, 2.24) is 9.62 Å². The Morgan fingerprint density at radius 3 is 2.64 bits per heavy atom. The number of halogens is 1. The van der Waals surface area contributed by atoms with Crippen LogP contribution in [0, 0.1) is 0 Å². The SMILES string of the molecule is CCOC(=O)/C=C(\C)CN(C1CCCCNC1=O)S(=O)(=O)c1ccc(Cl)cc1. The number of amides is 1. The Hall–Kier alpha value is -1.90. The van der Waals surface area contributed by atoms with Crippen molar-refractivity contribution in [1.29, 1.82) is 0 Å². The third-order valence-corrected chi connectivity index (χ3v) is 6.45. The zero-order valence-corrected chi connectivity index (χ0v) is 17.6. The van der Waals surface area contributed by atoms with Crippen molar-refractivity contribution in [2.45, 2.75) is 44.0 Å². The molecule has 1 aliphatic rings. The van der Waals surface area contributed by atoms with E-state index in [-0.39, 0.29) is 24.0 Å². The summed E-state index contributed by atoms with van der Waals surface area (Å²) in [5, 5.41) is 3.18. The lowest BCUT2D eigenvalue weighted by Gasteiger charge is -2.29. The Labute approximate surface area is 170 Å². The molecule has 1 atom stereocenters. The monoisotopic (exact) mass is 428 g/mol. The highest BCUT2D eigenvalue weighted by Crippen LogP contribution is 2.24. The molecular formula is C19H25ClN2O5S. The topological polar surface area (TPSA) is 92.8 Å². The number of rotatable bonds is 7. The predicted molar refractivity (Wildman–Crippen MR) is 106 cm³/mol. The van der Waals surface area contributed by atoms with E-state index in [1.54, 1.807) is 13.8 Å². The number of esters is 1. The highest BCUT2D eigenvalue weighted by molar-refractivity contribution is 7.89. The molecule has 2 rings (SSSR count). The van der Waals surface area contributed by atoms with Crippen LogP contribution in [0.15, 0.2) is 40.8 Å². The Balaban J connectivity index is 2.41. The number of benzene rings is 1. The van der Waals surface area contributed by atoms with Gasteiger partial charge in [-0.15, -0.1) is 0 Å². The highest BCUT2D eigenvalue weighted by atomic mass is 35.5. The summed E-state index contributed by atoms with van der Waals surface area (Å²) >= 11 is 5.87. The van der Waals surface area contributed by atoms with Crippen LogP contribution in [0.4, 0.5) is 0 Å². The summed E-state index contributed by atoms with van der Waals surface area (Å²) in [6.45, 7) is 3.97. The van der Waals surface area contributed by atoms with E-state index in [9.17, 15) is 18.0 Å². The van der Waals surface area contributed by atoms with Crippen molar-refractivity contribution >= 4 is 33.5 Å². The Morgan fingerprint density at radius 2 is 2.00 bits per heavy atom. The second kappa shape index (κ2) is 10.0. The van der Waals surface area contributed by atoms with Crippen molar-refractivity contribution in [2.24, 2.45) is 0 Å². The molecule has 9 heteroatoms. The van der Waals surface area contributed by atoms with Gasteiger partial charge in [-0.05, 0) is 57.4 Å². The molecule has 0 spiro atoms. The molecule has 1 unspecified atom stereocenters. The highest BCUT2D eigenvalue weighted by Gasteiger charge is 2.36. The maximum atomic E-state index is 13.3. The summed E-state index contributed by atoms with van der Waals surface area (Å²) in [6, 6.07) is 4.93. The second-order valence-electron chi connectivity index (χ2n) is 6.55. The Bertz CT molecular complexity index is 836. The lowest BCUT2D eigenvalue weighted by atomic mass is 10.1. The number of hydrogen-bond donors (Lipinski definition) is 1. The van der Waals surface area contributed by atoms with Gasteiger partial charge in [-0.1, -0.05) is 17.2 Å². The third kappa shape index (κ3) is 5.80. The normalized spacial score (nSPS) is 18.5. The number of carbonyl (C=O) groups excluding carboxylic acids is 2. The summed E-state index contributed by atoms with van der Waals surface area (Å²) in [5.74, 6) is -0.881. The molecule has 1 heterocycles. The molecule has 1 saturated heterocycles. The third-order valence-electron chi connectivity index (χ3n) is 4.33. The van der Waals surface area contributed by atoms with Gasteiger partial charge >= 0.3 is 5.97 Å². The molecule has 0 saturated carbocycles. The fraction of sp³-hybridized carbons (Fsp3) is 0.474. The average molecular weight is 429 g/mol. The number of sulfonamides is 1. The Kier molecular flexibility index (Phi) is 8.03. The van der Waals surface area contributed by atoms with Crippen LogP contribution in [0.25, 0.3) is 0 Å². The number of ether oxygens (including phenoxy) is 1. The minimum atomic E-state index is -3.99. The predicted octanol–water partition coefficient (Wildman–Crippen LogP) is 2.51. The standard InChI is InChI=1S/C19H25ClN2O5S/c1-3-27-18(23)12-14(2)13-22(17-6-4-5-11-21-19(17)24)28(25,26)16-9-7-15(20)8-10-16/h7-10,12,17H,3-6,11,13H2,1-2H3,(H,21,24)/b14-12+. The first-order chi connectivity index (χ1) is 13.3. The van der Waals surface area contributed by atoms with Gasteiger partial charge in [0.05, 0.1) is 11.5 Å². The van der Waals surface area contributed by atoms with E-state index in [0.29, 0.717) is 23.6 Å². The van der Waals surface area contributed by atoms with E-state index in [4.69, 9.17) is 16.3 Å². The van der Waals surface area contributed by atoms with Crippen molar-refractivity contribution in [3.05, 3.63) is 40.9 Å². The van der Waals surface area contributed by atoms with Gasteiger partial charge < -0.3 is 10.1 Å². The van der Waals surface area contributed by atoms with E-state index in [1.807, 2.05) is 0 Å². The van der Waals surface area contributed by atoms with Crippen molar-refractivity contribution in [3.8, 4) is 0 Å². The van der Waals surface area contributed by atoms with Crippen LogP contribution in [0.5, 0.6) is 0 Å². The van der Waals surface area contributed by atoms with E-state index in [2.05, 4.69) is 5.32 Å². The molecule has 1 fully saturated rings. The van der Waals surface area contributed by atoms with E-state index in [1.165, 1.54) is 30.3 Å². The molecule has 1 N–H and O–H groups in total. The fourth-order valence-corrected chi connectivity index (χ4v) is 4.77. The van der Waals surface area contributed by atoms with Gasteiger partial charge in [0.25, 0.3) is 0 Å². The van der Waals surface area contributed by atoms with Crippen LogP contribution in [0.3, 0.4) is 0 Å². The second-order valence-corrected chi connectivity index (χ2v) is 8.88. The maximum Gasteiger partial charge on any atom is 0.330 e. The summed E-state index contributed by atoms with van der Waals surface area (Å²) in [5.41, 5.74) is 0.480. The number of hydrogen-bond acceptors (Lipinski definition) is 5. The lowest BCUT2D eigenvalue weighted by molar-refractivity contribution is -0.137. The molecule has 28 heavy (non-hydrogen) atoms. The molecule has 1 aromatic rings. The molecule has 1 aliphatic heterocycles. The molecule has 0 aromatic heterocycles. The van der Waals surface area contributed by atoms with Gasteiger partial charge in [-0.3, -0.25) is 4.79 Å².